The van der Waals surface area contributed by atoms with Gasteiger partial charge in [0.1, 0.15) is 5.82 Å². The largest absolute Gasteiger partial charge is 0.294 e. The number of rotatable bonds is 4. The van der Waals surface area contributed by atoms with Crippen LogP contribution in [0.2, 0.25) is 0 Å². The number of benzene rings is 1. The molecule has 0 aliphatic carbocycles. The van der Waals surface area contributed by atoms with Crippen LogP contribution in [0.3, 0.4) is 0 Å². The van der Waals surface area contributed by atoms with Crippen molar-refractivity contribution in [1.82, 2.24) is 9.97 Å². The molecule has 2 rings (SSSR count). The zero-order valence-electron chi connectivity index (χ0n) is 9.76. The van der Waals surface area contributed by atoms with Gasteiger partial charge >= 0.3 is 0 Å². The smallest absolute Gasteiger partial charge is 0.187 e. The standard InChI is InChI=1S/C13H11FN2OS/c1-18-13-15-7-6-11(16-13)8-12(17)9-2-4-10(14)5-3-9/h2-7H,8H2,1H3. The average Bonchev–Trinajstić information content (AvgIpc) is 2.39. The molecule has 0 radical (unpaired) electrons. The lowest BCUT2D eigenvalue weighted by atomic mass is 10.1. The van der Waals surface area contributed by atoms with E-state index < -0.39 is 0 Å². The Bertz CT molecular complexity index is 557. The van der Waals surface area contributed by atoms with Crippen LogP contribution in [0.25, 0.3) is 0 Å². The summed E-state index contributed by atoms with van der Waals surface area (Å²) in [7, 11) is 0. The normalized spacial score (nSPS) is 10.3. The van der Waals surface area contributed by atoms with E-state index in [0.717, 1.165) is 0 Å². The quantitative estimate of drug-likeness (QED) is 0.483. The van der Waals surface area contributed by atoms with Gasteiger partial charge in [0.15, 0.2) is 10.9 Å². The number of Topliss-reactive ketones (excluding diaryl/α,β-unsaturated/α-hetero) is 1. The molecule has 0 fully saturated rings. The van der Waals surface area contributed by atoms with Crippen LogP contribution in [0.1, 0.15) is 16.1 Å². The summed E-state index contributed by atoms with van der Waals surface area (Å²) in [5.74, 6) is -0.431. The molecule has 0 amide bonds. The molecule has 0 aliphatic heterocycles. The summed E-state index contributed by atoms with van der Waals surface area (Å²) >= 11 is 1.42. The van der Waals surface area contributed by atoms with Crippen molar-refractivity contribution in [2.24, 2.45) is 0 Å². The van der Waals surface area contributed by atoms with Crippen molar-refractivity contribution in [3.63, 3.8) is 0 Å². The number of nitrogens with zero attached hydrogens (tertiary/aromatic N) is 2. The maximum absolute atomic E-state index is 12.7. The number of aromatic nitrogens is 2. The Hall–Kier alpha value is -1.75. The highest BCUT2D eigenvalue weighted by Crippen LogP contribution is 2.11. The lowest BCUT2D eigenvalue weighted by molar-refractivity contribution is 0.0991. The Labute approximate surface area is 108 Å². The first-order valence-electron chi connectivity index (χ1n) is 5.33. The number of hydrogen-bond donors (Lipinski definition) is 0. The van der Waals surface area contributed by atoms with Crippen molar-refractivity contribution in [1.29, 1.82) is 0 Å². The van der Waals surface area contributed by atoms with Crippen LogP contribution >= 0.6 is 11.8 Å². The molecule has 0 spiro atoms. The molecule has 2 aromatic rings. The molecule has 0 saturated heterocycles. The molecule has 1 aromatic heterocycles. The van der Waals surface area contributed by atoms with Crippen LogP contribution in [-0.2, 0) is 6.42 Å². The molecule has 5 heteroatoms. The summed E-state index contributed by atoms with van der Waals surface area (Å²) in [6.07, 6.45) is 3.70. The lowest BCUT2D eigenvalue weighted by Crippen LogP contribution is -2.05. The zero-order chi connectivity index (χ0) is 13.0. The molecule has 0 aliphatic rings. The van der Waals surface area contributed by atoms with Gasteiger partial charge in [-0.1, -0.05) is 11.8 Å². The summed E-state index contributed by atoms with van der Waals surface area (Å²) in [4.78, 5) is 20.2. The number of ketones is 1. The van der Waals surface area contributed by atoms with Crippen LogP contribution in [-0.4, -0.2) is 22.0 Å². The minimum atomic E-state index is -0.349. The monoisotopic (exact) mass is 262 g/mol. The zero-order valence-corrected chi connectivity index (χ0v) is 10.6. The number of thioether (sulfide) groups is 1. The summed E-state index contributed by atoms with van der Waals surface area (Å²) in [6.45, 7) is 0. The van der Waals surface area contributed by atoms with Crippen molar-refractivity contribution >= 4 is 17.5 Å². The molecule has 92 valence electrons. The predicted octanol–water partition coefficient (Wildman–Crippen LogP) is 2.76. The van der Waals surface area contributed by atoms with Gasteiger partial charge in [-0.15, -0.1) is 0 Å². The van der Waals surface area contributed by atoms with E-state index in [9.17, 15) is 9.18 Å². The minimum Gasteiger partial charge on any atom is -0.294 e. The molecule has 1 heterocycles. The first kappa shape index (κ1) is 12.7. The number of halogens is 1. The van der Waals surface area contributed by atoms with Gasteiger partial charge in [0.05, 0.1) is 12.1 Å². The Morgan fingerprint density at radius 3 is 2.67 bits per heavy atom. The second kappa shape index (κ2) is 5.73. The number of carbonyl (C=O) groups excluding carboxylic acids is 1. The maximum Gasteiger partial charge on any atom is 0.187 e. The molecule has 0 unspecified atom stereocenters. The topological polar surface area (TPSA) is 42.9 Å². The summed E-state index contributed by atoms with van der Waals surface area (Å²) < 4.78 is 12.7. The summed E-state index contributed by atoms with van der Waals surface area (Å²) in [5.41, 5.74) is 1.16. The Kier molecular flexibility index (Phi) is 4.04. The van der Waals surface area contributed by atoms with E-state index in [-0.39, 0.29) is 18.0 Å². The maximum atomic E-state index is 12.7. The first-order valence-corrected chi connectivity index (χ1v) is 6.56. The van der Waals surface area contributed by atoms with Crippen LogP contribution < -0.4 is 0 Å². The van der Waals surface area contributed by atoms with Crippen molar-refractivity contribution in [3.05, 3.63) is 53.6 Å². The molecule has 0 saturated carbocycles. The Morgan fingerprint density at radius 1 is 1.28 bits per heavy atom. The molecule has 0 atom stereocenters. The summed E-state index contributed by atoms with van der Waals surface area (Å²) in [6, 6.07) is 7.23. The molecular weight excluding hydrogens is 251 g/mol. The fourth-order valence-corrected chi connectivity index (χ4v) is 1.85. The van der Waals surface area contributed by atoms with E-state index in [4.69, 9.17) is 0 Å². The predicted molar refractivity (Wildman–Crippen MR) is 68.2 cm³/mol. The highest BCUT2D eigenvalue weighted by atomic mass is 32.2. The molecule has 18 heavy (non-hydrogen) atoms. The van der Waals surface area contributed by atoms with Crippen LogP contribution in [0.15, 0.2) is 41.7 Å². The van der Waals surface area contributed by atoms with Gasteiger partial charge in [0, 0.05) is 11.8 Å². The van der Waals surface area contributed by atoms with Gasteiger partial charge in [-0.3, -0.25) is 4.79 Å². The second-order valence-electron chi connectivity index (χ2n) is 3.64. The van der Waals surface area contributed by atoms with E-state index in [1.54, 1.807) is 12.3 Å². The van der Waals surface area contributed by atoms with E-state index >= 15 is 0 Å². The average molecular weight is 262 g/mol. The van der Waals surface area contributed by atoms with Crippen molar-refractivity contribution in [3.8, 4) is 0 Å². The minimum absolute atomic E-state index is 0.0826. The van der Waals surface area contributed by atoms with Crippen molar-refractivity contribution < 1.29 is 9.18 Å². The van der Waals surface area contributed by atoms with E-state index in [0.29, 0.717) is 16.4 Å². The van der Waals surface area contributed by atoms with Gasteiger partial charge in [-0.05, 0) is 36.6 Å². The van der Waals surface area contributed by atoms with Gasteiger partial charge < -0.3 is 0 Å². The fourth-order valence-electron chi connectivity index (χ4n) is 1.48. The molecule has 0 bridgehead atoms. The van der Waals surface area contributed by atoms with Gasteiger partial charge in [0.2, 0.25) is 0 Å². The van der Waals surface area contributed by atoms with E-state index in [2.05, 4.69) is 9.97 Å². The molecule has 1 aromatic carbocycles. The molecular formula is C13H11FN2OS. The molecule has 0 N–H and O–H groups in total. The van der Waals surface area contributed by atoms with Gasteiger partial charge in [0.25, 0.3) is 0 Å². The van der Waals surface area contributed by atoms with E-state index in [1.165, 1.54) is 36.0 Å². The van der Waals surface area contributed by atoms with Crippen molar-refractivity contribution in [2.45, 2.75) is 11.6 Å². The number of hydrogen-bond acceptors (Lipinski definition) is 4. The van der Waals surface area contributed by atoms with Crippen LogP contribution in [0.4, 0.5) is 4.39 Å². The molecule has 3 nitrogen and oxygen atoms in total. The van der Waals surface area contributed by atoms with Crippen molar-refractivity contribution in [2.75, 3.05) is 6.26 Å². The summed E-state index contributed by atoms with van der Waals surface area (Å²) in [5, 5.41) is 0.638. The van der Waals surface area contributed by atoms with Gasteiger partial charge in [-0.25, -0.2) is 14.4 Å². The van der Waals surface area contributed by atoms with Gasteiger partial charge in [-0.2, -0.15) is 0 Å². The van der Waals surface area contributed by atoms with Crippen LogP contribution in [0.5, 0.6) is 0 Å². The third-order valence-electron chi connectivity index (χ3n) is 2.38. The van der Waals surface area contributed by atoms with E-state index in [1.807, 2.05) is 6.26 Å². The highest BCUT2D eigenvalue weighted by Gasteiger charge is 2.08. The lowest BCUT2D eigenvalue weighted by Gasteiger charge is -2.02. The fraction of sp³-hybridized carbons (Fsp3) is 0.154. The Morgan fingerprint density at radius 2 is 2.00 bits per heavy atom. The first-order chi connectivity index (χ1) is 8.69. The SMILES string of the molecule is CSc1nccc(CC(=O)c2ccc(F)cc2)n1. The number of carbonyl (C=O) groups is 1. The third kappa shape index (κ3) is 3.13. The van der Waals surface area contributed by atoms with Crippen LogP contribution in [0, 0.1) is 5.82 Å². The second-order valence-corrected chi connectivity index (χ2v) is 4.41. The highest BCUT2D eigenvalue weighted by molar-refractivity contribution is 7.98. The Balaban J connectivity index is 2.13. The third-order valence-corrected chi connectivity index (χ3v) is 2.94.